The number of nitriles is 1. The van der Waals surface area contributed by atoms with Crippen LogP contribution >= 0.6 is 0 Å². The van der Waals surface area contributed by atoms with Gasteiger partial charge in [0.15, 0.2) is 5.69 Å². The Kier molecular flexibility index (Phi) is 8.22. The molecule has 43 heavy (non-hydrogen) atoms. The zero-order valence-electron chi connectivity index (χ0n) is 26.7. The molecule has 5 rings (SSSR count). The SMILES string of the molecule is CC1(C)CC=C(c2c(NC(=O)c3nc(C#N)cn3COCC[Si](C)(C)C)ccc(C3=CC4(C)CCC(C)(C3)O4)[n+]2[O-])CC1. The molecule has 230 valence electrons. The predicted octanol–water partition coefficient (Wildman–Crippen LogP) is 6.66. The lowest BCUT2D eigenvalue weighted by atomic mass is 9.77. The number of anilines is 1. The number of fused-ring (bicyclic) bond motifs is 2. The van der Waals surface area contributed by atoms with Crippen LogP contribution in [0.5, 0.6) is 0 Å². The van der Waals surface area contributed by atoms with Crippen LogP contribution < -0.4 is 10.0 Å². The number of pyridine rings is 1. The summed E-state index contributed by atoms with van der Waals surface area (Å²) in [5, 5.41) is 26.7. The summed E-state index contributed by atoms with van der Waals surface area (Å²) in [5.41, 5.74) is 2.98. The standard InChI is InChI=1S/C33H45N5O4Si/c1-31(2)12-10-23(11-13-31)28-26(8-9-27(38(28)40)24-18-32(3)14-15-33(4,19-24)42-32)36-30(39)29-35-25(20-34)21-37(29)22-41-16-17-43(5,6)7/h8-10,18,21H,11-17,19,22H2,1-7H3,(H,36,39). The Morgan fingerprint density at radius 3 is 2.63 bits per heavy atom. The van der Waals surface area contributed by atoms with Crippen LogP contribution in [-0.4, -0.2) is 41.3 Å². The van der Waals surface area contributed by atoms with Gasteiger partial charge in [0.05, 0.1) is 11.2 Å². The fourth-order valence-corrected chi connectivity index (χ4v) is 7.09. The summed E-state index contributed by atoms with van der Waals surface area (Å²) in [6.07, 6.45) is 10.8. The van der Waals surface area contributed by atoms with Crippen molar-refractivity contribution in [3.05, 3.63) is 58.6 Å². The molecule has 10 heteroatoms. The van der Waals surface area contributed by atoms with E-state index in [9.17, 15) is 15.3 Å². The van der Waals surface area contributed by atoms with E-state index in [1.165, 1.54) is 6.20 Å². The Hall–Kier alpha value is -3.26. The van der Waals surface area contributed by atoms with E-state index in [2.05, 4.69) is 69.8 Å². The average molecular weight is 604 g/mol. The van der Waals surface area contributed by atoms with Gasteiger partial charge in [0.25, 0.3) is 5.91 Å². The van der Waals surface area contributed by atoms with Gasteiger partial charge in [-0.25, -0.2) is 4.98 Å². The molecule has 3 aliphatic rings. The second-order valence-electron chi connectivity index (χ2n) is 14.9. The number of hydrogen-bond acceptors (Lipinski definition) is 6. The quantitative estimate of drug-likeness (QED) is 0.148. The molecule has 1 saturated heterocycles. The van der Waals surface area contributed by atoms with Crippen LogP contribution in [0.1, 0.15) is 93.9 Å². The lowest BCUT2D eigenvalue weighted by molar-refractivity contribution is -0.610. The third kappa shape index (κ3) is 6.95. The number of imidazole rings is 1. The van der Waals surface area contributed by atoms with Crippen LogP contribution in [0.3, 0.4) is 0 Å². The summed E-state index contributed by atoms with van der Waals surface area (Å²) >= 11 is 0. The van der Waals surface area contributed by atoms with E-state index in [1.54, 1.807) is 10.6 Å². The van der Waals surface area contributed by atoms with Gasteiger partial charge >= 0.3 is 0 Å². The first kappa shape index (κ1) is 31.2. The van der Waals surface area contributed by atoms with Crippen molar-refractivity contribution in [3.8, 4) is 6.07 Å². The predicted molar refractivity (Wildman–Crippen MR) is 170 cm³/mol. The highest BCUT2D eigenvalue weighted by molar-refractivity contribution is 6.76. The van der Waals surface area contributed by atoms with Crippen LogP contribution in [0.15, 0.2) is 30.5 Å². The van der Waals surface area contributed by atoms with Crippen molar-refractivity contribution < 1.29 is 19.0 Å². The molecule has 2 atom stereocenters. The molecule has 0 radical (unpaired) electrons. The lowest BCUT2D eigenvalue weighted by Crippen LogP contribution is -2.41. The number of allylic oxidation sites excluding steroid dienone is 2. The van der Waals surface area contributed by atoms with Crippen molar-refractivity contribution >= 4 is 30.8 Å². The molecule has 1 fully saturated rings. The minimum absolute atomic E-state index is 0.0698. The van der Waals surface area contributed by atoms with Crippen LogP contribution in [0, 0.1) is 22.0 Å². The Labute approximate surface area is 256 Å². The van der Waals surface area contributed by atoms with Gasteiger partial charge in [-0.15, -0.1) is 0 Å². The van der Waals surface area contributed by atoms with E-state index in [0.29, 0.717) is 30.1 Å². The highest BCUT2D eigenvalue weighted by atomic mass is 28.3. The molecule has 2 aliphatic heterocycles. The third-order valence-corrected chi connectivity index (χ3v) is 10.6. The molecule has 0 spiro atoms. The van der Waals surface area contributed by atoms with E-state index >= 15 is 0 Å². The van der Waals surface area contributed by atoms with Crippen molar-refractivity contribution in [2.45, 2.75) is 110 Å². The lowest BCUT2D eigenvalue weighted by Gasteiger charge is -2.34. The minimum Gasteiger partial charge on any atom is -0.618 e. The molecule has 1 N–H and O–H groups in total. The highest BCUT2D eigenvalue weighted by Crippen LogP contribution is 2.49. The summed E-state index contributed by atoms with van der Waals surface area (Å²) < 4.78 is 14.8. The molecule has 2 aromatic rings. The molecule has 0 aromatic carbocycles. The molecular formula is C33H45N5O4Si. The van der Waals surface area contributed by atoms with Gasteiger partial charge in [-0.3, -0.25) is 4.79 Å². The van der Waals surface area contributed by atoms with Gasteiger partial charge < -0.3 is 24.6 Å². The molecule has 2 unspecified atom stereocenters. The molecule has 0 saturated carbocycles. The van der Waals surface area contributed by atoms with E-state index in [4.69, 9.17) is 9.47 Å². The topological polar surface area (TPSA) is 116 Å². The number of carbonyl (C=O) groups is 1. The summed E-state index contributed by atoms with van der Waals surface area (Å²) in [6, 6.07) is 6.63. The Morgan fingerprint density at radius 1 is 1.21 bits per heavy atom. The van der Waals surface area contributed by atoms with Gasteiger partial charge in [0.2, 0.25) is 17.2 Å². The van der Waals surface area contributed by atoms with E-state index in [0.717, 1.165) is 54.0 Å². The Morgan fingerprint density at radius 2 is 1.98 bits per heavy atom. The first-order chi connectivity index (χ1) is 20.1. The van der Waals surface area contributed by atoms with Gasteiger partial charge in [-0.1, -0.05) is 39.6 Å². The second-order valence-corrected chi connectivity index (χ2v) is 20.5. The Bertz CT molecular complexity index is 1530. The van der Waals surface area contributed by atoms with Crippen molar-refractivity contribution in [1.29, 1.82) is 5.26 Å². The maximum Gasteiger partial charge on any atom is 0.291 e. The molecule has 1 amide bonds. The first-order valence-corrected chi connectivity index (χ1v) is 19.0. The number of amides is 1. The van der Waals surface area contributed by atoms with E-state index < -0.39 is 14.0 Å². The first-order valence-electron chi connectivity index (χ1n) is 15.3. The molecular weight excluding hydrogens is 558 g/mol. The largest absolute Gasteiger partial charge is 0.618 e. The van der Waals surface area contributed by atoms with Crippen LogP contribution in [0.25, 0.3) is 11.1 Å². The zero-order chi connectivity index (χ0) is 31.2. The maximum atomic E-state index is 14.2. The summed E-state index contributed by atoms with van der Waals surface area (Å²) in [6.45, 7) is 16.2. The summed E-state index contributed by atoms with van der Waals surface area (Å²) in [7, 11) is -1.28. The molecule has 1 aliphatic carbocycles. The third-order valence-electron chi connectivity index (χ3n) is 8.93. The van der Waals surface area contributed by atoms with Gasteiger partial charge in [-0.05, 0) is 69.6 Å². The minimum atomic E-state index is -1.28. The fraction of sp³-hybridized carbons (Fsp3) is 0.576. The number of rotatable bonds is 9. The highest BCUT2D eigenvalue weighted by Gasteiger charge is 2.48. The Balaban J connectivity index is 1.48. The summed E-state index contributed by atoms with van der Waals surface area (Å²) in [4.78, 5) is 17.9. The van der Waals surface area contributed by atoms with Gasteiger partial charge in [0, 0.05) is 44.5 Å². The zero-order valence-corrected chi connectivity index (χ0v) is 27.7. The monoisotopic (exact) mass is 603 g/mol. The normalized spacial score (nSPS) is 24.7. The molecule has 4 heterocycles. The number of aromatic nitrogens is 3. The second kappa shape index (κ2) is 11.3. The number of ether oxygens (including phenoxy) is 2. The molecule has 9 nitrogen and oxygen atoms in total. The van der Waals surface area contributed by atoms with Gasteiger partial charge in [-0.2, -0.15) is 9.99 Å². The van der Waals surface area contributed by atoms with Crippen molar-refractivity contribution in [2.75, 3.05) is 11.9 Å². The smallest absolute Gasteiger partial charge is 0.291 e. The van der Waals surface area contributed by atoms with Gasteiger partial charge in [0.1, 0.15) is 18.5 Å². The summed E-state index contributed by atoms with van der Waals surface area (Å²) in [5.74, 6) is -0.426. The molecule has 2 bridgehead atoms. The maximum absolute atomic E-state index is 14.2. The van der Waals surface area contributed by atoms with E-state index in [1.807, 2.05) is 12.1 Å². The van der Waals surface area contributed by atoms with E-state index in [-0.39, 0.29) is 34.9 Å². The van der Waals surface area contributed by atoms with Crippen LogP contribution in [0.2, 0.25) is 25.7 Å². The van der Waals surface area contributed by atoms with Crippen molar-refractivity contribution in [3.63, 3.8) is 0 Å². The van der Waals surface area contributed by atoms with Crippen LogP contribution in [0.4, 0.5) is 5.69 Å². The number of nitrogens with one attached hydrogen (secondary N) is 1. The number of nitrogens with zero attached hydrogens (tertiary/aromatic N) is 4. The molecule has 2 aromatic heterocycles. The fourth-order valence-electron chi connectivity index (χ4n) is 6.33. The number of carbonyl (C=O) groups excluding carboxylic acids is 1. The van der Waals surface area contributed by atoms with Crippen molar-refractivity contribution in [2.24, 2.45) is 5.41 Å². The van der Waals surface area contributed by atoms with Crippen molar-refractivity contribution in [1.82, 2.24) is 9.55 Å². The van der Waals surface area contributed by atoms with Crippen LogP contribution in [-0.2, 0) is 16.2 Å². The number of hydrogen-bond donors (Lipinski definition) is 1. The average Bonchev–Trinajstić information content (AvgIpc) is 3.43.